The van der Waals surface area contributed by atoms with Crippen molar-refractivity contribution in [3.63, 3.8) is 0 Å². The molecule has 1 unspecified atom stereocenters. The Labute approximate surface area is 139 Å². The largest absolute Gasteiger partial charge is 0.479 e. The fourth-order valence-corrected chi connectivity index (χ4v) is 2.77. The number of nitrogens with one attached hydrogen (secondary N) is 1. The van der Waals surface area contributed by atoms with E-state index < -0.39 is 18.3 Å². The number of carbonyl (C=O) groups excluding carboxylic acids is 3. The predicted molar refractivity (Wildman–Crippen MR) is 86.2 cm³/mol. The normalized spacial score (nSPS) is 22.8. The summed E-state index contributed by atoms with van der Waals surface area (Å²) in [5.74, 6) is 0.250. The van der Waals surface area contributed by atoms with Crippen LogP contribution in [0.5, 0.6) is 5.75 Å². The maximum Gasteiger partial charge on any atom is 0.414 e. The molecule has 1 saturated heterocycles. The van der Waals surface area contributed by atoms with Crippen LogP contribution in [0.15, 0.2) is 18.2 Å². The van der Waals surface area contributed by atoms with E-state index in [4.69, 9.17) is 9.47 Å². The van der Waals surface area contributed by atoms with Crippen molar-refractivity contribution in [2.45, 2.75) is 26.1 Å². The average Bonchev–Trinajstić information content (AvgIpc) is 2.91. The van der Waals surface area contributed by atoms with E-state index in [9.17, 15) is 14.4 Å². The molecule has 2 aliphatic rings. The second-order valence-electron chi connectivity index (χ2n) is 5.86. The number of fused-ring (bicyclic) bond motifs is 1. The Balaban J connectivity index is 1.79. The first-order valence-electron chi connectivity index (χ1n) is 7.67. The van der Waals surface area contributed by atoms with Gasteiger partial charge < -0.3 is 19.7 Å². The number of benzene rings is 1. The molecule has 24 heavy (non-hydrogen) atoms. The van der Waals surface area contributed by atoms with Gasteiger partial charge in [-0.25, -0.2) is 4.79 Å². The molecule has 2 aliphatic heterocycles. The van der Waals surface area contributed by atoms with Crippen LogP contribution < -0.4 is 19.9 Å². The maximum absolute atomic E-state index is 12.1. The standard InChI is InChI=1S/C16H19N3O5/c1-9-15(21)18(3)13-5-4-11(6-14(13)23-9)19-8-12(24-16(19)22)7-17-10(2)20/h4-6,9,12H,7-8H2,1-3H3,(H,17,20)/t9?,12-/m0/s1. The van der Waals surface area contributed by atoms with Gasteiger partial charge in [0.2, 0.25) is 5.91 Å². The van der Waals surface area contributed by atoms with Crippen LogP contribution >= 0.6 is 0 Å². The van der Waals surface area contributed by atoms with Gasteiger partial charge in [-0.2, -0.15) is 0 Å². The van der Waals surface area contributed by atoms with Gasteiger partial charge in [0, 0.05) is 20.0 Å². The van der Waals surface area contributed by atoms with E-state index >= 15 is 0 Å². The molecule has 128 valence electrons. The first-order valence-corrected chi connectivity index (χ1v) is 7.67. The Kier molecular flexibility index (Phi) is 4.04. The lowest BCUT2D eigenvalue weighted by Crippen LogP contribution is -2.42. The quantitative estimate of drug-likeness (QED) is 0.887. The van der Waals surface area contributed by atoms with Gasteiger partial charge >= 0.3 is 6.09 Å². The van der Waals surface area contributed by atoms with Crippen LogP contribution in [-0.2, 0) is 14.3 Å². The minimum atomic E-state index is -0.573. The molecule has 0 radical (unpaired) electrons. The third-order valence-corrected chi connectivity index (χ3v) is 4.05. The SMILES string of the molecule is CC(=O)NC[C@H]1CN(c2ccc3c(c2)OC(C)C(=O)N3C)C(=O)O1. The van der Waals surface area contributed by atoms with Crippen LogP contribution in [0.1, 0.15) is 13.8 Å². The summed E-state index contributed by atoms with van der Waals surface area (Å²) in [5.41, 5.74) is 1.28. The van der Waals surface area contributed by atoms with Crippen molar-refractivity contribution in [1.29, 1.82) is 0 Å². The van der Waals surface area contributed by atoms with Crippen molar-refractivity contribution < 1.29 is 23.9 Å². The van der Waals surface area contributed by atoms with Gasteiger partial charge in [0.25, 0.3) is 5.91 Å². The van der Waals surface area contributed by atoms with Gasteiger partial charge in [0.1, 0.15) is 11.9 Å². The van der Waals surface area contributed by atoms with E-state index in [0.717, 1.165) is 0 Å². The Morgan fingerprint density at radius 2 is 2.08 bits per heavy atom. The van der Waals surface area contributed by atoms with Gasteiger partial charge in [-0.3, -0.25) is 14.5 Å². The van der Waals surface area contributed by atoms with Crippen LogP contribution in [-0.4, -0.2) is 50.3 Å². The van der Waals surface area contributed by atoms with E-state index in [0.29, 0.717) is 23.7 Å². The number of amides is 3. The summed E-state index contributed by atoms with van der Waals surface area (Å²) in [6.45, 7) is 3.70. The summed E-state index contributed by atoms with van der Waals surface area (Å²) in [6, 6.07) is 5.20. The Morgan fingerprint density at radius 3 is 2.79 bits per heavy atom. The molecule has 3 rings (SSSR count). The molecule has 1 fully saturated rings. The van der Waals surface area contributed by atoms with Crippen LogP contribution in [0.4, 0.5) is 16.2 Å². The third kappa shape index (κ3) is 2.86. The minimum absolute atomic E-state index is 0.119. The number of ether oxygens (including phenoxy) is 2. The van der Waals surface area contributed by atoms with Crippen molar-refractivity contribution in [1.82, 2.24) is 5.32 Å². The smallest absolute Gasteiger partial charge is 0.414 e. The number of likely N-dealkylation sites (N-methyl/N-ethyl adjacent to an activating group) is 1. The van der Waals surface area contributed by atoms with Crippen LogP contribution in [0.2, 0.25) is 0 Å². The Bertz CT molecular complexity index is 705. The molecule has 2 heterocycles. The van der Waals surface area contributed by atoms with Crippen LogP contribution in [0, 0.1) is 0 Å². The molecule has 0 bridgehead atoms. The fourth-order valence-electron chi connectivity index (χ4n) is 2.77. The number of anilines is 2. The van der Waals surface area contributed by atoms with E-state index in [-0.39, 0.29) is 18.4 Å². The molecule has 1 aromatic rings. The summed E-state index contributed by atoms with van der Waals surface area (Å²) in [4.78, 5) is 38.0. The van der Waals surface area contributed by atoms with Gasteiger partial charge in [-0.15, -0.1) is 0 Å². The van der Waals surface area contributed by atoms with Crippen molar-refractivity contribution in [2.75, 3.05) is 29.9 Å². The molecular weight excluding hydrogens is 314 g/mol. The van der Waals surface area contributed by atoms with Crippen molar-refractivity contribution in [3.05, 3.63) is 18.2 Å². The summed E-state index contributed by atoms with van der Waals surface area (Å²) < 4.78 is 10.9. The fraction of sp³-hybridized carbons (Fsp3) is 0.438. The van der Waals surface area contributed by atoms with E-state index in [1.807, 2.05) is 0 Å². The highest BCUT2D eigenvalue weighted by atomic mass is 16.6. The van der Waals surface area contributed by atoms with E-state index in [1.54, 1.807) is 32.2 Å². The first-order chi connectivity index (χ1) is 11.4. The van der Waals surface area contributed by atoms with Gasteiger partial charge in [-0.05, 0) is 19.1 Å². The second kappa shape index (κ2) is 6.03. The third-order valence-electron chi connectivity index (χ3n) is 4.05. The monoisotopic (exact) mass is 333 g/mol. The molecule has 0 saturated carbocycles. The molecule has 1 N–H and O–H groups in total. The van der Waals surface area contributed by atoms with Crippen LogP contribution in [0.3, 0.4) is 0 Å². The highest BCUT2D eigenvalue weighted by Crippen LogP contribution is 2.37. The first kappa shape index (κ1) is 16.1. The summed E-state index contributed by atoms with van der Waals surface area (Å²) in [6.07, 6.45) is -1.45. The van der Waals surface area contributed by atoms with Crippen molar-refractivity contribution >= 4 is 29.3 Å². The lowest BCUT2D eigenvalue weighted by atomic mass is 10.1. The number of nitrogens with zero attached hydrogens (tertiary/aromatic N) is 2. The molecule has 8 heteroatoms. The molecular formula is C16H19N3O5. The number of carbonyl (C=O) groups is 3. The zero-order valence-corrected chi connectivity index (χ0v) is 13.7. The van der Waals surface area contributed by atoms with Crippen LogP contribution in [0.25, 0.3) is 0 Å². The molecule has 2 atom stereocenters. The van der Waals surface area contributed by atoms with Gasteiger partial charge in [0.05, 0.1) is 24.5 Å². The predicted octanol–water partition coefficient (Wildman–Crippen LogP) is 0.892. The molecule has 0 aliphatic carbocycles. The average molecular weight is 333 g/mol. The maximum atomic E-state index is 12.1. The lowest BCUT2D eigenvalue weighted by Gasteiger charge is -2.31. The lowest BCUT2D eigenvalue weighted by molar-refractivity contribution is -0.125. The molecule has 3 amide bonds. The van der Waals surface area contributed by atoms with Crippen molar-refractivity contribution in [3.8, 4) is 5.75 Å². The van der Waals surface area contributed by atoms with E-state index in [1.165, 1.54) is 16.7 Å². The molecule has 0 aromatic heterocycles. The van der Waals surface area contributed by atoms with Gasteiger partial charge in [-0.1, -0.05) is 0 Å². The highest BCUT2D eigenvalue weighted by molar-refractivity contribution is 6.00. The number of cyclic esters (lactones) is 1. The Hall–Kier alpha value is -2.77. The number of rotatable bonds is 3. The van der Waals surface area contributed by atoms with E-state index in [2.05, 4.69) is 5.32 Å². The molecule has 0 spiro atoms. The van der Waals surface area contributed by atoms with Crippen molar-refractivity contribution in [2.24, 2.45) is 0 Å². The second-order valence-corrected chi connectivity index (χ2v) is 5.86. The zero-order valence-electron chi connectivity index (χ0n) is 13.7. The zero-order chi connectivity index (χ0) is 17.4. The summed E-state index contributed by atoms with van der Waals surface area (Å²) >= 11 is 0. The number of hydrogen-bond acceptors (Lipinski definition) is 5. The highest BCUT2D eigenvalue weighted by Gasteiger charge is 2.34. The topological polar surface area (TPSA) is 88.2 Å². The summed E-state index contributed by atoms with van der Waals surface area (Å²) in [5, 5.41) is 2.63. The van der Waals surface area contributed by atoms with Gasteiger partial charge in [0.15, 0.2) is 6.10 Å². The summed E-state index contributed by atoms with van der Waals surface area (Å²) in [7, 11) is 1.69. The Morgan fingerprint density at radius 1 is 1.33 bits per heavy atom. The molecule has 8 nitrogen and oxygen atoms in total. The molecule has 1 aromatic carbocycles. The minimum Gasteiger partial charge on any atom is -0.479 e. The number of hydrogen-bond donors (Lipinski definition) is 1.